The highest BCUT2D eigenvalue weighted by atomic mass is 35.5. The molecule has 27 heavy (non-hydrogen) atoms. The summed E-state index contributed by atoms with van der Waals surface area (Å²) in [6.07, 6.45) is 1.49. The van der Waals surface area contributed by atoms with Crippen LogP contribution in [0.4, 0.5) is 11.6 Å². The van der Waals surface area contributed by atoms with E-state index in [9.17, 15) is 0 Å². The summed E-state index contributed by atoms with van der Waals surface area (Å²) in [5, 5.41) is 4.08. The number of benzene rings is 2. The lowest BCUT2D eigenvalue weighted by Crippen LogP contribution is -2.00. The first kappa shape index (κ1) is 17.5. The number of ether oxygens (including phenoxy) is 1. The van der Waals surface area contributed by atoms with Gasteiger partial charge in [0.1, 0.15) is 10.8 Å². The molecule has 0 radical (unpaired) electrons. The maximum absolute atomic E-state index is 6.07. The van der Waals surface area contributed by atoms with Crippen LogP contribution in [-0.2, 0) is 6.54 Å². The zero-order valence-electron chi connectivity index (χ0n) is 14.0. The molecule has 8 heteroatoms. The highest BCUT2D eigenvalue weighted by Crippen LogP contribution is 2.29. The number of rotatable bonds is 5. The Balaban J connectivity index is 1.41. The molecule has 4 aromatic rings. The Bertz CT molecular complexity index is 1100. The van der Waals surface area contributed by atoms with Gasteiger partial charge in [-0.15, -0.1) is 0 Å². The number of pyridine rings is 1. The summed E-state index contributed by atoms with van der Waals surface area (Å²) in [5.74, 6) is 1.64. The summed E-state index contributed by atoms with van der Waals surface area (Å²) in [7, 11) is 0. The minimum absolute atomic E-state index is 0.313. The van der Waals surface area contributed by atoms with E-state index in [-0.39, 0.29) is 0 Å². The third-order valence-corrected chi connectivity index (χ3v) is 4.36. The van der Waals surface area contributed by atoms with Gasteiger partial charge in [0.25, 0.3) is 0 Å². The largest absolute Gasteiger partial charge is 0.438 e. The zero-order chi connectivity index (χ0) is 18.8. The number of hydrogen-bond donors (Lipinski definition) is 3. The van der Waals surface area contributed by atoms with Gasteiger partial charge in [0.2, 0.25) is 11.8 Å². The number of halogens is 2. The van der Waals surface area contributed by atoms with Gasteiger partial charge in [0, 0.05) is 18.4 Å². The monoisotopic (exact) mass is 399 g/mol. The number of aromatic amines is 1. The van der Waals surface area contributed by atoms with Crippen LogP contribution in [0.25, 0.3) is 11.0 Å². The van der Waals surface area contributed by atoms with Crippen LogP contribution in [0.5, 0.6) is 11.6 Å². The molecule has 0 spiro atoms. The van der Waals surface area contributed by atoms with E-state index in [2.05, 4.69) is 20.3 Å². The molecule has 0 saturated carbocycles. The third-order valence-electron chi connectivity index (χ3n) is 3.88. The summed E-state index contributed by atoms with van der Waals surface area (Å²) in [5.41, 5.74) is 9.31. The summed E-state index contributed by atoms with van der Waals surface area (Å²) in [6, 6.07) is 14.8. The quantitative estimate of drug-likeness (QED) is 0.398. The lowest BCUT2D eigenvalue weighted by atomic mass is 10.2. The van der Waals surface area contributed by atoms with Crippen molar-refractivity contribution in [1.29, 1.82) is 0 Å². The van der Waals surface area contributed by atoms with Crippen LogP contribution in [-0.4, -0.2) is 15.0 Å². The van der Waals surface area contributed by atoms with Crippen molar-refractivity contribution in [3.05, 3.63) is 70.3 Å². The second-order valence-corrected chi connectivity index (χ2v) is 6.75. The number of aromatic nitrogens is 3. The Morgan fingerprint density at radius 2 is 1.89 bits per heavy atom. The second kappa shape index (κ2) is 7.34. The van der Waals surface area contributed by atoms with E-state index in [1.54, 1.807) is 6.07 Å². The highest BCUT2D eigenvalue weighted by Gasteiger charge is 2.06. The number of nitrogens with zero attached hydrogens (tertiary/aromatic N) is 2. The highest BCUT2D eigenvalue weighted by molar-refractivity contribution is 6.35. The maximum atomic E-state index is 6.07. The zero-order valence-corrected chi connectivity index (χ0v) is 15.6. The fourth-order valence-electron chi connectivity index (χ4n) is 2.56. The predicted molar refractivity (Wildman–Crippen MR) is 109 cm³/mol. The first-order chi connectivity index (χ1) is 13.1. The maximum Gasteiger partial charge on any atom is 0.238 e. The lowest BCUT2D eigenvalue weighted by molar-refractivity contribution is 0.463. The minimum Gasteiger partial charge on any atom is -0.438 e. The fourth-order valence-corrected chi connectivity index (χ4v) is 2.98. The molecule has 0 aliphatic carbocycles. The summed E-state index contributed by atoms with van der Waals surface area (Å²) in [6.45, 7) is 0.607. The van der Waals surface area contributed by atoms with Gasteiger partial charge in [-0.2, -0.15) is 0 Å². The Hall–Kier alpha value is -2.96. The van der Waals surface area contributed by atoms with Gasteiger partial charge < -0.3 is 20.8 Å². The average Bonchev–Trinajstić information content (AvgIpc) is 3.05. The normalized spacial score (nSPS) is 10.9. The number of H-pyrrole nitrogens is 1. The number of imidazole rings is 1. The number of nitrogen functional groups attached to an aromatic ring is 1. The van der Waals surface area contributed by atoms with Crippen molar-refractivity contribution in [2.45, 2.75) is 6.54 Å². The van der Waals surface area contributed by atoms with Crippen molar-refractivity contribution in [3.8, 4) is 11.6 Å². The first-order valence-corrected chi connectivity index (χ1v) is 8.89. The van der Waals surface area contributed by atoms with E-state index in [0.717, 1.165) is 16.6 Å². The van der Waals surface area contributed by atoms with E-state index in [1.807, 2.05) is 42.5 Å². The van der Waals surface area contributed by atoms with Crippen LogP contribution >= 0.6 is 23.2 Å². The standard InChI is InChI=1S/C19H15Cl2N5O/c20-12-7-15(21)18(23-10-12)27-14-4-1-11(2-5-14)9-24-19-25-16-6-3-13(22)8-17(16)26-19/h1-8,10H,9,22H2,(H2,24,25,26). The first-order valence-electron chi connectivity index (χ1n) is 8.14. The van der Waals surface area contributed by atoms with Crippen LogP contribution < -0.4 is 15.8 Å². The molecule has 0 atom stereocenters. The van der Waals surface area contributed by atoms with Gasteiger partial charge in [-0.1, -0.05) is 35.3 Å². The van der Waals surface area contributed by atoms with Gasteiger partial charge >= 0.3 is 0 Å². The van der Waals surface area contributed by atoms with E-state index >= 15 is 0 Å². The third kappa shape index (κ3) is 4.07. The summed E-state index contributed by atoms with van der Waals surface area (Å²) >= 11 is 11.9. The van der Waals surface area contributed by atoms with Crippen LogP contribution in [0.1, 0.15) is 5.56 Å². The SMILES string of the molecule is Nc1ccc2nc(NCc3ccc(Oc4ncc(Cl)cc4Cl)cc3)[nH]c2c1. The Morgan fingerprint density at radius 3 is 2.67 bits per heavy atom. The molecule has 0 aliphatic rings. The molecule has 4 N–H and O–H groups in total. The van der Waals surface area contributed by atoms with E-state index in [1.165, 1.54) is 6.20 Å². The number of nitrogens with two attached hydrogens (primary N) is 1. The topological polar surface area (TPSA) is 88.8 Å². The van der Waals surface area contributed by atoms with Crippen molar-refractivity contribution in [3.63, 3.8) is 0 Å². The molecule has 6 nitrogen and oxygen atoms in total. The van der Waals surface area contributed by atoms with Crippen molar-refractivity contribution in [1.82, 2.24) is 15.0 Å². The molecule has 0 bridgehead atoms. The molecule has 2 heterocycles. The molecule has 0 unspecified atom stereocenters. The smallest absolute Gasteiger partial charge is 0.238 e. The second-order valence-electron chi connectivity index (χ2n) is 5.90. The van der Waals surface area contributed by atoms with Gasteiger partial charge in [-0.25, -0.2) is 9.97 Å². The molecule has 2 aromatic heterocycles. The van der Waals surface area contributed by atoms with Crippen molar-refractivity contribution >= 4 is 45.9 Å². The molecule has 4 rings (SSSR count). The number of nitrogens with one attached hydrogen (secondary N) is 2. The lowest BCUT2D eigenvalue weighted by Gasteiger charge is -2.08. The summed E-state index contributed by atoms with van der Waals surface area (Å²) < 4.78 is 5.68. The Morgan fingerprint density at radius 1 is 1.07 bits per heavy atom. The molecule has 2 aromatic carbocycles. The van der Waals surface area contributed by atoms with Crippen molar-refractivity contribution in [2.24, 2.45) is 0 Å². The fraction of sp³-hybridized carbons (Fsp3) is 0.0526. The van der Waals surface area contributed by atoms with Crippen LogP contribution in [0.2, 0.25) is 10.0 Å². The van der Waals surface area contributed by atoms with Crippen molar-refractivity contribution < 1.29 is 4.74 Å². The number of anilines is 2. The number of fused-ring (bicyclic) bond motifs is 1. The summed E-state index contributed by atoms with van der Waals surface area (Å²) in [4.78, 5) is 11.8. The molecule has 0 fully saturated rings. The van der Waals surface area contributed by atoms with E-state index in [4.69, 9.17) is 33.7 Å². The Labute approximate surface area is 165 Å². The molecule has 0 amide bonds. The van der Waals surface area contributed by atoms with Crippen LogP contribution in [0.15, 0.2) is 54.7 Å². The van der Waals surface area contributed by atoms with Gasteiger partial charge in [0.05, 0.1) is 16.1 Å². The molecule has 0 aliphatic heterocycles. The van der Waals surface area contributed by atoms with E-state index in [0.29, 0.717) is 39.9 Å². The van der Waals surface area contributed by atoms with Crippen molar-refractivity contribution in [2.75, 3.05) is 11.1 Å². The predicted octanol–water partition coefficient (Wildman–Crippen LogP) is 5.25. The van der Waals surface area contributed by atoms with Gasteiger partial charge in [0.15, 0.2) is 0 Å². The van der Waals surface area contributed by atoms with Crippen LogP contribution in [0, 0.1) is 0 Å². The van der Waals surface area contributed by atoms with Crippen LogP contribution in [0.3, 0.4) is 0 Å². The Kier molecular flexibility index (Phi) is 4.75. The van der Waals surface area contributed by atoms with Gasteiger partial charge in [-0.05, 0) is 42.0 Å². The molecule has 136 valence electrons. The average molecular weight is 400 g/mol. The molecule has 0 saturated heterocycles. The van der Waals surface area contributed by atoms with Gasteiger partial charge in [-0.3, -0.25) is 0 Å². The minimum atomic E-state index is 0.313. The van der Waals surface area contributed by atoms with E-state index < -0.39 is 0 Å². The molecular formula is C19H15Cl2N5O. The molecular weight excluding hydrogens is 385 g/mol. The number of hydrogen-bond acceptors (Lipinski definition) is 5.